The van der Waals surface area contributed by atoms with Gasteiger partial charge in [0, 0.05) is 20.1 Å². The fourth-order valence-electron chi connectivity index (χ4n) is 2.13. The van der Waals surface area contributed by atoms with Crippen molar-refractivity contribution >= 4 is 11.6 Å². The highest BCUT2D eigenvalue weighted by Crippen LogP contribution is 2.22. The summed E-state index contributed by atoms with van der Waals surface area (Å²) in [6, 6.07) is 8.07. The minimum Gasteiger partial charge on any atom is -0.361 e. The average Bonchev–Trinajstić information content (AvgIpc) is 2.52. The number of hydrogen-bond acceptors (Lipinski definition) is 4. The molecule has 0 atom stereocenters. The lowest BCUT2D eigenvalue weighted by atomic mass is 10.1. The Bertz CT molecular complexity index is 507. The van der Waals surface area contributed by atoms with Crippen LogP contribution in [0.5, 0.6) is 0 Å². The van der Waals surface area contributed by atoms with Crippen molar-refractivity contribution in [3.05, 3.63) is 29.3 Å². The minimum absolute atomic E-state index is 0.0518. The van der Waals surface area contributed by atoms with Gasteiger partial charge in [-0.25, -0.2) is 0 Å². The first-order valence-electron chi connectivity index (χ1n) is 7.35. The number of nitrogens with one attached hydrogen (secondary N) is 2. The van der Waals surface area contributed by atoms with E-state index in [1.807, 2.05) is 30.0 Å². The fraction of sp³-hybridized carbons (Fsp3) is 0.500. The van der Waals surface area contributed by atoms with Gasteiger partial charge in [-0.05, 0) is 30.7 Å². The Morgan fingerprint density at radius 2 is 2.14 bits per heavy atom. The lowest BCUT2D eigenvalue weighted by Crippen LogP contribution is -2.36. The summed E-state index contributed by atoms with van der Waals surface area (Å²) in [5.41, 5.74) is 2.51. The minimum atomic E-state index is -0.0518. The van der Waals surface area contributed by atoms with Crippen molar-refractivity contribution in [1.29, 1.82) is 5.26 Å². The maximum absolute atomic E-state index is 11.6. The SMILES string of the molecule is CCCN(CC(=O)NC)c1ccc(CNCC)cc1C#N. The molecule has 0 heterocycles. The van der Waals surface area contributed by atoms with E-state index in [-0.39, 0.29) is 12.5 Å². The van der Waals surface area contributed by atoms with Gasteiger partial charge < -0.3 is 15.5 Å². The van der Waals surface area contributed by atoms with Crippen LogP contribution in [0, 0.1) is 11.3 Å². The number of nitriles is 1. The topological polar surface area (TPSA) is 68.2 Å². The molecule has 0 saturated heterocycles. The van der Waals surface area contributed by atoms with E-state index in [9.17, 15) is 10.1 Å². The normalized spacial score (nSPS) is 10.0. The number of hydrogen-bond donors (Lipinski definition) is 2. The lowest BCUT2D eigenvalue weighted by molar-refractivity contribution is -0.119. The molecule has 1 rings (SSSR count). The van der Waals surface area contributed by atoms with Gasteiger partial charge in [-0.1, -0.05) is 19.9 Å². The van der Waals surface area contributed by atoms with Gasteiger partial charge in [-0.15, -0.1) is 0 Å². The number of rotatable bonds is 8. The zero-order valence-corrected chi connectivity index (χ0v) is 13.1. The summed E-state index contributed by atoms with van der Waals surface area (Å²) < 4.78 is 0. The highest BCUT2D eigenvalue weighted by atomic mass is 16.1. The summed E-state index contributed by atoms with van der Waals surface area (Å²) in [5, 5.41) is 15.2. The third-order valence-electron chi connectivity index (χ3n) is 3.21. The molecular formula is C16H24N4O. The van der Waals surface area contributed by atoms with Crippen molar-refractivity contribution in [2.75, 3.05) is 31.6 Å². The van der Waals surface area contributed by atoms with E-state index in [1.165, 1.54) is 0 Å². The van der Waals surface area contributed by atoms with Crippen molar-refractivity contribution in [3.8, 4) is 6.07 Å². The van der Waals surface area contributed by atoms with Crippen LogP contribution >= 0.6 is 0 Å². The summed E-state index contributed by atoms with van der Waals surface area (Å²) >= 11 is 0. The number of amides is 1. The number of likely N-dealkylation sites (N-methyl/N-ethyl adjacent to an activating group) is 1. The monoisotopic (exact) mass is 288 g/mol. The Morgan fingerprint density at radius 1 is 1.38 bits per heavy atom. The van der Waals surface area contributed by atoms with Gasteiger partial charge >= 0.3 is 0 Å². The van der Waals surface area contributed by atoms with Crippen molar-refractivity contribution < 1.29 is 4.79 Å². The number of nitrogens with zero attached hydrogens (tertiary/aromatic N) is 2. The molecule has 1 aromatic rings. The van der Waals surface area contributed by atoms with Crippen LogP contribution in [0.1, 0.15) is 31.4 Å². The molecule has 114 valence electrons. The summed E-state index contributed by atoms with van der Waals surface area (Å²) in [4.78, 5) is 13.6. The standard InChI is InChI=1S/C16H24N4O/c1-4-8-20(12-16(21)18-3)15-7-6-13(11-19-5-2)9-14(15)10-17/h6-7,9,19H,4-5,8,11-12H2,1-3H3,(H,18,21). The zero-order chi connectivity index (χ0) is 15.7. The van der Waals surface area contributed by atoms with E-state index in [4.69, 9.17) is 0 Å². The molecule has 0 aliphatic heterocycles. The predicted molar refractivity (Wildman–Crippen MR) is 85.1 cm³/mol. The van der Waals surface area contributed by atoms with Gasteiger partial charge in [0.15, 0.2) is 0 Å². The summed E-state index contributed by atoms with van der Waals surface area (Å²) in [6.45, 7) is 6.76. The summed E-state index contributed by atoms with van der Waals surface area (Å²) in [5.74, 6) is -0.0518. The van der Waals surface area contributed by atoms with Crippen LogP contribution in [0.4, 0.5) is 5.69 Å². The van der Waals surface area contributed by atoms with E-state index in [2.05, 4.69) is 23.6 Å². The molecule has 0 radical (unpaired) electrons. The Labute approximate surface area is 126 Å². The first kappa shape index (κ1) is 17.0. The van der Waals surface area contributed by atoms with E-state index in [0.29, 0.717) is 5.56 Å². The van der Waals surface area contributed by atoms with Gasteiger partial charge in [0.2, 0.25) is 5.91 Å². The quantitative estimate of drug-likeness (QED) is 0.763. The van der Waals surface area contributed by atoms with Crippen LogP contribution in [0.2, 0.25) is 0 Å². The smallest absolute Gasteiger partial charge is 0.239 e. The number of carbonyl (C=O) groups excluding carboxylic acids is 1. The van der Waals surface area contributed by atoms with E-state index >= 15 is 0 Å². The first-order chi connectivity index (χ1) is 10.2. The Hall–Kier alpha value is -2.06. The van der Waals surface area contributed by atoms with Crippen LogP contribution in [0.3, 0.4) is 0 Å². The molecule has 0 unspecified atom stereocenters. The molecule has 0 aliphatic carbocycles. The molecule has 0 spiro atoms. The number of anilines is 1. The van der Waals surface area contributed by atoms with Crippen molar-refractivity contribution in [2.45, 2.75) is 26.8 Å². The maximum atomic E-state index is 11.6. The Balaban J connectivity index is 3.01. The maximum Gasteiger partial charge on any atom is 0.239 e. The van der Waals surface area contributed by atoms with Crippen molar-refractivity contribution in [3.63, 3.8) is 0 Å². The number of benzene rings is 1. The van der Waals surface area contributed by atoms with Gasteiger partial charge in [0.25, 0.3) is 0 Å². The third kappa shape index (κ3) is 5.09. The van der Waals surface area contributed by atoms with Crippen LogP contribution in [-0.2, 0) is 11.3 Å². The first-order valence-corrected chi connectivity index (χ1v) is 7.35. The van der Waals surface area contributed by atoms with E-state index in [0.717, 1.165) is 37.3 Å². The highest BCUT2D eigenvalue weighted by Gasteiger charge is 2.14. The second kappa shape index (κ2) is 8.98. The summed E-state index contributed by atoms with van der Waals surface area (Å²) in [6.07, 6.45) is 0.918. The van der Waals surface area contributed by atoms with Gasteiger partial charge in [0.1, 0.15) is 6.07 Å². The fourth-order valence-corrected chi connectivity index (χ4v) is 2.13. The van der Waals surface area contributed by atoms with Gasteiger partial charge in [-0.2, -0.15) is 5.26 Å². The van der Waals surface area contributed by atoms with E-state index in [1.54, 1.807) is 7.05 Å². The van der Waals surface area contributed by atoms with Crippen LogP contribution in [-0.4, -0.2) is 32.6 Å². The number of carbonyl (C=O) groups is 1. The van der Waals surface area contributed by atoms with E-state index < -0.39 is 0 Å². The molecule has 1 amide bonds. The van der Waals surface area contributed by atoms with Crippen molar-refractivity contribution in [2.24, 2.45) is 0 Å². The van der Waals surface area contributed by atoms with Gasteiger partial charge in [0.05, 0.1) is 17.8 Å². The second-order valence-corrected chi connectivity index (χ2v) is 4.84. The Morgan fingerprint density at radius 3 is 2.71 bits per heavy atom. The molecule has 0 saturated carbocycles. The highest BCUT2D eigenvalue weighted by molar-refractivity contribution is 5.81. The van der Waals surface area contributed by atoms with Crippen LogP contribution in [0.15, 0.2) is 18.2 Å². The molecule has 2 N–H and O–H groups in total. The molecule has 0 bridgehead atoms. The zero-order valence-electron chi connectivity index (χ0n) is 13.1. The molecular weight excluding hydrogens is 264 g/mol. The van der Waals surface area contributed by atoms with Crippen molar-refractivity contribution in [1.82, 2.24) is 10.6 Å². The molecule has 0 fully saturated rings. The molecule has 5 nitrogen and oxygen atoms in total. The van der Waals surface area contributed by atoms with Crippen LogP contribution < -0.4 is 15.5 Å². The average molecular weight is 288 g/mol. The molecule has 0 aliphatic rings. The predicted octanol–water partition coefficient (Wildman–Crippen LogP) is 1.63. The van der Waals surface area contributed by atoms with Crippen LogP contribution in [0.25, 0.3) is 0 Å². The lowest BCUT2D eigenvalue weighted by Gasteiger charge is -2.24. The molecule has 5 heteroatoms. The van der Waals surface area contributed by atoms with Gasteiger partial charge in [-0.3, -0.25) is 4.79 Å². The Kier molecular flexibility index (Phi) is 7.27. The molecule has 0 aromatic heterocycles. The third-order valence-corrected chi connectivity index (χ3v) is 3.21. The molecule has 21 heavy (non-hydrogen) atoms. The second-order valence-electron chi connectivity index (χ2n) is 4.84. The summed E-state index contributed by atoms with van der Waals surface area (Å²) in [7, 11) is 1.62. The largest absolute Gasteiger partial charge is 0.361 e. The molecule has 1 aromatic carbocycles.